The van der Waals surface area contributed by atoms with Crippen LogP contribution in [0.25, 0.3) is 0 Å². The molecule has 20 heavy (non-hydrogen) atoms. The van der Waals surface area contributed by atoms with E-state index in [1.54, 1.807) is 0 Å². The smallest absolute Gasteiger partial charge is 0.226 e. The van der Waals surface area contributed by atoms with Gasteiger partial charge in [-0.2, -0.15) is 0 Å². The van der Waals surface area contributed by atoms with Crippen LogP contribution in [-0.4, -0.2) is 48.4 Å². The van der Waals surface area contributed by atoms with Gasteiger partial charge in [-0.05, 0) is 30.9 Å². The van der Waals surface area contributed by atoms with E-state index in [-0.39, 0.29) is 5.92 Å². The molecule has 1 aromatic rings. The first-order valence-electron chi connectivity index (χ1n) is 7.85. The molecular formula is C17H24N2O. The lowest BCUT2D eigenvalue weighted by Crippen LogP contribution is -2.49. The van der Waals surface area contributed by atoms with E-state index in [1.165, 1.54) is 12.0 Å². The Morgan fingerprint density at radius 2 is 1.85 bits per heavy atom. The molecule has 1 aromatic carbocycles. The number of piperazine rings is 1. The molecule has 2 unspecified atom stereocenters. The third kappa shape index (κ3) is 2.88. The summed E-state index contributed by atoms with van der Waals surface area (Å²) in [4.78, 5) is 17.1. The van der Waals surface area contributed by atoms with Crippen molar-refractivity contribution < 1.29 is 4.79 Å². The molecule has 3 rings (SSSR count). The van der Waals surface area contributed by atoms with Crippen molar-refractivity contribution in [3.8, 4) is 0 Å². The molecular weight excluding hydrogens is 248 g/mol. The number of carbonyl (C=O) groups is 1. The summed E-state index contributed by atoms with van der Waals surface area (Å²) in [6.07, 6.45) is 2.24. The van der Waals surface area contributed by atoms with Crippen molar-refractivity contribution in [2.75, 3.05) is 32.7 Å². The molecule has 1 amide bonds. The van der Waals surface area contributed by atoms with Gasteiger partial charge >= 0.3 is 0 Å². The molecule has 1 heterocycles. The van der Waals surface area contributed by atoms with Crippen LogP contribution in [-0.2, 0) is 4.79 Å². The van der Waals surface area contributed by atoms with E-state index in [0.29, 0.717) is 11.8 Å². The van der Waals surface area contributed by atoms with Crippen LogP contribution in [0.3, 0.4) is 0 Å². The van der Waals surface area contributed by atoms with Gasteiger partial charge in [-0.3, -0.25) is 9.69 Å². The molecule has 2 fully saturated rings. The predicted octanol–water partition coefficient (Wildman–Crippen LogP) is 2.34. The molecule has 1 saturated heterocycles. The molecule has 2 aliphatic rings. The maximum atomic E-state index is 12.5. The predicted molar refractivity (Wildman–Crippen MR) is 80.6 cm³/mol. The van der Waals surface area contributed by atoms with Crippen molar-refractivity contribution in [3.63, 3.8) is 0 Å². The SMILES string of the molecule is CCCN1CCN(C(=O)C2CC2c2ccccc2)CC1. The Hall–Kier alpha value is -1.35. The topological polar surface area (TPSA) is 23.6 Å². The Morgan fingerprint density at radius 3 is 2.50 bits per heavy atom. The van der Waals surface area contributed by atoms with Crippen LogP contribution in [0.1, 0.15) is 31.2 Å². The van der Waals surface area contributed by atoms with Crippen LogP contribution in [0.4, 0.5) is 0 Å². The normalized spacial score (nSPS) is 26.6. The van der Waals surface area contributed by atoms with Crippen LogP contribution < -0.4 is 0 Å². The van der Waals surface area contributed by atoms with Crippen LogP contribution in [0, 0.1) is 5.92 Å². The molecule has 1 aliphatic heterocycles. The Morgan fingerprint density at radius 1 is 1.15 bits per heavy atom. The Kier molecular flexibility index (Phi) is 4.06. The number of hydrogen-bond acceptors (Lipinski definition) is 2. The van der Waals surface area contributed by atoms with Crippen LogP contribution in [0.2, 0.25) is 0 Å². The van der Waals surface area contributed by atoms with E-state index in [9.17, 15) is 4.79 Å². The number of amides is 1. The van der Waals surface area contributed by atoms with Gasteiger partial charge < -0.3 is 4.90 Å². The van der Waals surface area contributed by atoms with Gasteiger partial charge in [0.2, 0.25) is 5.91 Å². The van der Waals surface area contributed by atoms with Crippen molar-refractivity contribution in [2.45, 2.75) is 25.7 Å². The first kappa shape index (κ1) is 13.6. The third-order valence-electron chi connectivity index (χ3n) is 4.56. The average Bonchev–Trinajstić information content (AvgIpc) is 3.29. The van der Waals surface area contributed by atoms with Gasteiger partial charge in [0.15, 0.2) is 0 Å². The van der Waals surface area contributed by atoms with Crippen molar-refractivity contribution in [3.05, 3.63) is 35.9 Å². The molecule has 108 valence electrons. The summed E-state index contributed by atoms with van der Waals surface area (Å²) in [6, 6.07) is 10.5. The van der Waals surface area contributed by atoms with Crippen LogP contribution >= 0.6 is 0 Å². The van der Waals surface area contributed by atoms with Crippen LogP contribution in [0.15, 0.2) is 30.3 Å². The zero-order chi connectivity index (χ0) is 13.9. The molecule has 0 spiro atoms. The van der Waals surface area contributed by atoms with Gasteiger partial charge in [-0.1, -0.05) is 37.3 Å². The summed E-state index contributed by atoms with van der Waals surface area (Å²) >= 11 is 0. The summed E-state index contributed by atoms with van der Waals surface area (Å²) < 4.78 is 0. The summed E-state index contributed by atoms with van der Waals surface area (Å²) in [7, 11) is 0. The third-order valence-corrected chi connectivity index (χ3v) is 4.56. The molecule has 0 bridgehead atoms. The minimum Gasteiger partial charge on any atom is -0.340 e. The molecule has 0 aromatic heterocycles. The fraction of sp³-hybridized carbons (Fsp3) is 0.588. The molecule has 3 heteroatoms. The van der Waals surface area contributed by atoms with Gasteiger partial charge in [0.05, 0.1) is 0 Å². The van der Waals surface area contributed by atoms with Crippen molar-refractivity contribution in [2.24, 2.45) is 5.92 Å². The van der Waals surface area contributed by atoms with E-state index in [1.807, 2.05) is 6.07 Å². The highest BCUT2D eigenvalue weighted by Gasteiger charge is 2.45. The first-order valence-corrected chi connectivity index (χ1v) is 7.85. The molecule has 1 saturated carbocycles. The lowest BCUT2D eigenvalue weighted by Gasteiger charge is -2.34. The quantitative estimate of drug-likeness (QED) is 0.840. The average molecular weight is 272 g/mol. The summed E-state index contributed by atoms with van der Waals surface area (Å²) in [5.74, 6) is 1.10. The fourth-order valence-electron chi connectivity index (χ4n) is 3.28. The highest BCUT2D eigenvalue weighted by Crippen LogP contribution is 2.48. The number of rotatable bonds is 4. The second kappa shape index (κ2) is 5.96. The minimum absolute atomic E-state index is 0.245. The maximum Gasteiger partial charge on any atom is 0.226 e. The molecule has 2 atom stereocenters. The Balaban J connectivity index is 1.52. The Bertz CT molecular complexity index is 451. The lowest BCUT2D eigenvalue weighted by molar-refractivity contribution is -0.134. The summed E-state index contributed by atoms with van der Waals surface area (Å²) in [6.45, 7) is 7.29. The monoisotopic (exact) mass is 272 g/mol. The van der Waals surface area contributed by atoms with Gasteiger partial charge in [0.1, 0.15) is 0 Å². The minimum atomic E-state index is 0.245. The van der Waals surface area contributed by atoms with E-state index in [2.05, 4.69) is 41.0 Å². The fourth-order valence-corrected chi connectivity index (χ4v) is 3.28. The number of nitrogens with zero attached hydrogens (tertiary/aromatic N) is 2. The largest absolute Gasteiger partial charge is 0.340 e. The molecule has 0 N–H and O–H groups in total. The second-order valence-electron chi connectivity index (χ2n) is 6.03. The van der Waals surface area contributed by atoms with Gasteiger partial charge in [-0.25, -0.2) is 0 Å². The van der Waals surface area contributed by atoms with E-state index in [0.717, 1.165) is 39.1 Å². The van der Waals surface area contributed by atoms with Crippen LogP contribution in [0.5, 0.6) is 0 Å². The van der Waals surface area contributed by atoms with Crippen molar-refractivity contribution in [1.82, 2.24) is 9.80 Å². The maximum absolute atomic E-state index is 12.5. The summed E-state index contributed by atoms with van der Waals surface area (Å²) in [5.41, 5.74) is 1.33. The molecule has 3 nitrogen and oxygen atoms in total. The number of hydrogen-bond donors (Lipinski definition) is 0. The van der Waals surface area contributed by atoms with Gasteiger partial charge in [-0.15, -0.1) is 0 Å². The van der Waals surface area contributed by atoms with E-state index in [4.69, 9.17) is 0 Å². The van der Waals surface area contributed by atoms with Crippen molar-refractivity contribution >= 4 is 5.91 Å². The standard InChI is InChI=1S/C17H24N2O/c1-2-8-18-9-11-19(12-10-18)17(20)16-13-15(16)14-6-4-3-5-7-14/h3-7,15-16H,2,8-13H2,1H3. The molecule has 1 aliphatic carbocycles. The van der Waals surface area contributed by atoms with Gasteiger partial charge in [0.25, 0.3) is 0 Å². The zero-order valence-electron chi connectivity index (χ0n) is 12.3. The highest BCUT2D eigenvalue weighted by atomic mass is 16.2. The Labute approximate surface area is 121 Å². The number of carbonyl (C=O) groups excluding carboxylic acids is 1. The molecule has 0 radical (unpaired) electrons. The van der Waals surface area contributed by atoms with Gasteiger partial charge in [0, 0.05) is 32.1 Å². The lowest BCUT2D eigenvalue weighted by atomic mass is 10.1. The zero-order valence-corrected chi connectivity index (χ0v) is 12.3. The number of benzene rings is 1. The summed E-state index contributed by atoms with van der Waals surface area (Å²) in [5, 5.41) is 0. The van der Waals surface area contributed by atoms with E-state index >= 15 is 0 Å². The first-order chi connectivity index (χ1) is 9.79. The highest BCUT2D eigenvalue weighted by molar-refractivity contribution is 5.83. The van der Waals surface area contributed by atoms with Crippen molar-refractivity contribution in [1.29, 1.82) is 0 Å². The van der Waals surface area contributed by atoms with E-state index < -0.39 is 0 Å². The second-order valence-corrected chi connectivity index (χ2v) is 6.03.